The number of Topliss-reactive ketones (excluding diaryl/α,β-unsaturated/α-hetero) is 1. The Morgan fingerprint density at radius 3 is 1.60 bits per heavy atom. The Balaban J connectivity index is 2.13. The normalized spacial score (nSPS) is 13.1. The van der Waals surface area contributed by atoms with Gasteiger partial charge < -0.3 is 0 Å². The zero-order chi connectivity index (χ0) is 21.9. The van der Waals surface area contributed by atoms with Crippen LogP contribution in [0.5, 0.6) is 0 Å². The van der Waals surface area contributed by atoms with Gasteiger partial charge in [-0.1, -0.05) is 60.7 Å². The van der Waals surface area contributed by atoms with Crippen molar-refractivity contribution in [2.45, 2.75) is 24.7 Å². The average molecular weight is 422 g/mol. The molecule has 0 saturated carbocycles. The van der Waals surface area contributed by atoms with E-state index in [1.807, 2.05) is 0 Å². The van der Waals surface area contributed by atoms with Crippen molar-refractivity contribution >= 4 is 5.78 Å². The summed E-state index contributed by atoms with van der Waals surface area (Å²) in [5, 5.41) is 0. The molecule has 3 aromatic carbocycles. The Kier molecular flexibility index (Phi) is 6.01. The van der Waals surface area contributed by atoms with Crippen molar-refractivity contribution in [3.8, 4) is 0 Å². The molecule has 1 nitrogen and oxygen atoms in total. The fourth-order valence-electron chi connectivity index (χ4n) is 3.22. The number of halogens is 6. The van der Waals surface area contributed by atoms with Crippen LogP contribution in [0.2, 0.25) is 0 Å². The second kappa shape index (κ2) is 8.34. The molecule has 0 N–H and O–H groups in total. The summed E-state index contributed by atoms with van der Waals surface area (Å²) in [6.07, 6.45) is -10.2. The summed E-state index contributed by atoms with van der Waals surface area (Å²) in [5.74, 6) is -1.35. The number of carbonyl (C=O) groups is 1. The highest BCUT2D eigenvalue weighted by molar-refractivity contribution is 5.96. The maximum atomic E-state index is 13.3. The Labute approximate surface area is 169 Å². The Morgan fingerprint density at radius 1 is 0.667 bits per heavy atom. The number of carbonyl (C=O) groups excluding carboxylic acids is 1. The molecular formula is C23H16F6O. The summed E-state index contributed by atoms with van der Waals surface area (Å²) in [4.78, 5) is 12.7. The number of ketones is 1. The largest absolute Gasteiger partial charge is 0.416 e. The lowest BCUT2D eigenvalue weighted by atomic mass is 9.84. The summed E-state index contributed by atoms with van der Waals surface area (Å²) in [7, 11) is 0. The van der Waals surface area contributed by atoms with E-state index in [1.165, 1.54) is 0 Å². The number of hydrogen-bond donors (Lipinski definition) is 0. The topological polar surface area (TPSA) is 17.1 Å². The van der Waals surface area contributed by atoms with Crippen LogP contribution in [0.1, 0.15) is 45.0 Å². The highest BCUT2D eigenvalue weighted by Gasteiger charge is 2.37. The minimum Gasteiger partial charge on any atom is -0.294 e. The SMILES string of the molecule is O=C(C[C@H](c1ccccc1)c1cc(C(F)(F)F)cc(C(F)(F)F)c1)c1ccccc1. The van der Waals surface area contributed by atoms with Crippen LogP contribution in [-0.4, -0.2) is 5.78 Å². The molecule has 0 aliphatic carbocycles. The third-order valence-electron chi connectivity index (χ3n) is 4.70. The first-order chi connectivity index (χ1) is 14.1. The van der Waals surface area contributed by atoms with Crippen LogP contribution in [0.4, 0.5) is 26.3 Å². The van der Waals surface area contributed by atoms with E-state index in [0.29, 0.717) is 23.3 Å². The van der Waals surface area contributed by atoms with E-state index < -0.39 is 29.4 Å². The molecule has 7 heteroatoms. The zero-order valence-corrected chi connectivity index (χ0v) is 15.5. The van der Waals surface area contributed by atoms with E-state index in [0.717, 1.165) is 0 Å². The summed E-state index contributed by atoms with van der Waals surface area (Å²) < 4.78 is 79.8. The van der Waals surface area contributed by atoms with E-state index in [2.05, 4.69) is 0 Å². The predicted molar refractivity (Wildman–Crippen MR) is 100 cm³/mol. The Morgan fingerprint density at radius 2 is 1.13 bits per heavy atom. The molecule has 0 aliphatic rings. The average Bonchev–Trinajstić information content (AvgIpc) is 2.71. The van der Waals surface area contributed by atoms with E-state index in [1.54, 1.807) is 60.7 Å². The van der Waals surface area contributed by atoms with Crippen LogP contribution >= 0.6 is 0 Å². The van der Waals surface area contributed by atoms with Gasteiger partial charge in [0.05, 0.1) is 11.1 Å². The van der Waals surface area contributed by atoms with Crippen LogP contribution < -0.4 is 0 Å². The van der Waals surface area contributed by atoms with E-state index in [4.69, 9.17) is 0 Å². The maximum Gasteiger partial charge on any atom is 0.416 e. The lowest BCUT2D eigenvalue weighted by molar-refractivity contribution is -0.143. The van der Waals surface area contributed by atoms with Crippen molar-refractivity contribution in [2.24, 2.45) is 0 Å². The summed E-state index contributed by atoms with van der Waals surface area (Å²) >= 11 is 0. The van der Waals surface area contributed by atoms with E-state index in [-0.39, 0.29) is 23.8 Å². The van der Waals surface area contributed by atoms with Gasteiger partial charge in [0.15, 0.2) is 5.78 Å². The van der Waals surface area contributed by atoms with Crippen LogP contribution in [-0.2, 0) is 12.4 Å². The Bertz CT molecular complexity index is 975. The smallest absolute Gasteiger partial charge is 0.294 e. The summed E-state index contributed by atoms with van der Waals surface area (Å²) in [6.45, 7) is 0. The second-order valence-corrected chi connectivity index (χ2v) is 6.80. The molecule has 0 amide bonds. The fourth-order valence-corrected chi connectivity index (χ4v) is 3.22. The third kappa shape index (κ3) is 5.09. The molecule has 0 heterocycles. The molecule has 0 spiro atoms. The monoisotopic (exact) mass is 422 g/mol. The first kappa shape index (κ1) is 21.6. The van der Waals surface area contributed by atoms with Gasteiger partial charge in [-0.15, -0.1) is 0 Å². The second-order valence-electron chi connectivity index (χ2n) is 6.80. The summed E-state index contributed by atoms with van der Waals surface area (Å²) in [6, 6.07) is 17.6. The van der Waals surface area contributed by atoms with Gasteiger partial charge in [-0.05, 0) is 29.3 Å². The molecule has 3 aromatic rings. The van der Waals surface area contributed by atoms with Crippen LogP contribution in [0.15, 0.2) is 78.9 Å². The van der Waals surface area contributed by atoms with Gasteiger partial charge in [0, 0.05) is 17.9 Å². The van der Waals surface area contributed by atoms with Crippen LogP contribution in [0.25, 0.3) is 0 Å². The lowest BCUT2D eigenvalue weighted by Gasteiger charge is -2.21. The van der Waals surface area contributed by atoms with Gasteiger partial charge in [0.1, 0.15) is 0 Å². The third-order valence-corrected chi connectivity index (χ3v) is 4.70. The van der Waals surface area contributed by atoms with Gasteiger partial charge in [0.25, 0.3) is 0 Å². The van der Waals surface area contributed by atoms with Crippen molar-refractivity contribution < 1.29 is 31.1 Å². The highest BCUT2D eigenvalue weighted by Crippen LogP contribution is 2.40. The van der Waals surface area contributed by atoms with Crippen molar-refractivity contribution in [1.29, 1.82) is 0 Å². The van der Waals surface area contributed by atoms with Gasteiger partial charge in [0.2, 0.25) is 0 Å². The fraction of sp³-hybridized carbons (Fsp3) is 0.174. The van der Waals surface area contributed by atoms with E-state index >= 15 is 0 Å². The van der Waals surface area contributed by atoms with Crippen molar-refractivity contribution in [3.63, 3.8) is 0 Å². The maximum absolute atomic E-state index is 13.3. The van der Waals surface area contributed by atoms with Crippen molar-refractivity contribution in [1.82, 2.24) is 0 Å². The van der Waals surface area contributed by atoms with Gasteiger partial charge in [-0.25, -0.2) is 0 Å². The molecule has 156 valence electrons. The molecule has 0 bridgehead atoms. The number of alkyl halides is 6. The minimum absolute atomic E-state index is 0.0879. The van der Waals surface area contributed by atoms with Gasteiger partial charge in [-0.3, -0.25) is 4.79 Å². The molecule has 30 heavy (non-hydrogen) atoms. The quantitative estimate of drug-likeness (QED) is 0.316. The lowest BCUT2D eigenvalue weighted by Crippen LogP contribution is -2.15. The van der Waals surface area contributed by atoms with Crippen molar-refractivity contribution in [3.05, 3.63) is 107 Å². The van der Waals surface area contributed by atoms with Crippen LogP contribution in [0, 0.1) is 0 Å². The first-order valence-corrected chi connectivity index (χ1v) is 8.98. The molecule has 1 atom stereocenters. The van der Waals surface area contributed by atoms with Gasteiger partial charge >= 0.3 is 12.4 Å². The first-order valence-electron chi connectivity index (χ1n) is 8.98. The van der Waals surface area contributed by atoms with Crippen LogP contribution in [0.3, 0.4) is 0 Å². The molecule has 0 aliphatic heterocycles. The van der Waals surface area contributed by atoms with Gasteiger partial charge in [-0.2, -0.15) is 26.3 Å². The number of hydrogen-bond acceptors (Lipinski definition) is 1. The number of rotatable bonds is 5. The predicted octanol–water partition coefficient (Wildman–Crippen LogP) is 7.13. The zero-order valence-electron chi connectivity index (χ0n) is 15.5. The highest BCUT2D eigenvalue weighted by atomic mass is 19.4. The number of benzene rings is 3. The summed E-state index contributed by atoms with van der Waals surface area (Å²) in [5.41, 5.74) is -2.23. The Hall–Kier alpha value is -3.09. The minimum atomic E-state index is -4.96. The molecule has 0 unspecified atom stereocenters. The van der Waals surface area contributed by atoms with E-state index in [9.17, 15) is 31.1 Å². The molecule has 0 radical (unpaired) electrons. The molecular weight excluding hydrogens is 406 g/mol. The molecule has 0 fully saturated rings. The van der Waals surface area contributed by atoms with Crippen molar-refractivity contribution in [2.75, 3.05) is 0 Å². The molecule has 0 saturated heterocycles. The molecule has 3 rings (SSSR count). The standard InChI is InChI=1S/C23H16F6O/c24-22(25,26)18-11-17(12-19(13-18)23(27,28)29)20(15-7-3-1-4-8-15)14-21(30)16-9-5-2-6-10-16/h1-13,20H,14H2/t20-/m1/s1. The molecule has 0 aromatic heterocycles.